The van der Waals surface area contributed by atoms with Gasteiger partial charge in [-0.15, -0.1) is 0 Å². The van der Waals surface area contributed by atoms with Gasteiger partial charge in [-0.1, -0.05) is 96.3 Å². The molecule has 0 atom stereocenters. The molecule has 0 aliphatic rings. The van der Waals surface area contributed by atoms with Gasteiger partial charge >= 0.3 is 5.97 Å². The highest BCUT2D eigenvalue weighted by molar-refractivity contribution is 5.75. The first-order chi connectivity index (χ1) is 14.7. The summed E-state index contributed by atoms with van der Waals surface area (Å²) < 4.78 is 0. The van der Waals surface area contributed by atoms with Crippen molar-refractivity contribution >= 4 is 11.9 Å². The Hall–Kier alpha value is -1.10. The van der Waals surface area contributed by atoms with Crippen LogP contribution >= 0.6 is 0 Å². The maximum atomic E-state index is 11.7. The molecule has 0 fully saturated rings. The molecule has 0 aromatic heterocycles. The standard InChI is InChI=1S/C25H50N2O3/c26-22-18-14-13-16-20-24(28)27-23-19-15-11-9-7-5-3-1-2-4-6-8-10-12-17-21-25(29)30/h1-23,26H2,(H,27,28)(H,29,30). The van der Waals surface area contributed by atoms with E-state index in [2.05, 4.69) is 5.32 Å². The first kappa shape index (κ1) is 28.9. The van der Waals surface area contributed by atoms with E-state index in [1.807, 2.05) is 0 Å². The molecule has 4 N–H and O–H groups in total. The van der Waals surface area contributed by atoms with Crippen LogP contribution in [-0.4, -0.2) is 30.1 Å². The van der Waals surface area contributed by atoms with E-state index in [0.717, 1.165) is 58.0 Å². The summed E-state index contributed by atoms with van der Waals surface area (Å²) in [5.41, 5.74) is 5.46. The number of nitrogens with one attached hydrogen (secondary N) is 1. The lowest BCUT2D eigenvalue weighted by Gasteiger charge is -2.06. The van der Waals surface area contributed by atoms with Gasteiger partial charge in [0.05, 0.1) is 0 Å². The Bertz CT molecular complexity index is 389. The number of nitrogens with two attached hydrogens (primary N) is 1. The van der Waals surface area contributed by atoms with E-state index in [-0.39, 0.29) is 5.91 Å². The van der Waals surface area contributed by atoms with Crippen molar-refractivity contribution in [3.05, 3.63) is 0 Å². The van der Waals surface area contributed by atoms with Crippen molar-refractivity contribution in [1.29, 1.82) is 0 Å². The van der Waals surface area contributed by atoms with Crippen molar-refractivity contribution in [3.8, 4) is 0 Å². The molecule has 0 spiro atoms. The van der Waals surface area contributed by atoms with Gasteiger partial charge in [-0.2, -0.15) is 0 Å². The second-order valence-corrected chi connectivity index (χ2v) is 8.75. The number of amides is 1. The molecule has 0 aromatic rings. The normalized spacial score (nSPS) is 11.0. The third kappa shape index (κ3) is 24.9. The smallest absolute Gasteiger partial charge is 0.303 e. The Labute approximate surface area is 186 Å². The minimum Gasteiger partial charge on any atom is -0.481 e. The van der Waals surface area contributed by atoms with Crippen LogP contribution in [0.25, 0.3) is 0 Å². The summed E-state index contributed by atoms with van der Waals surface area (Å²) in [6.07, 6.45) is 24.0. The number of carbonyl (C=O) groups is 2. The van der Waals surface area contributed by atoms with Crippen LogP contribution in [0.2, 0.25) is 0 Å². The van der Waals surface area contributed by atoms with Gasteiger partial charge in [0.1, 0.15) is 0 Å². The molecular weight excluding hydrogens is 376 g/mol. The minimum absolute atomic E-state index is 0.209. The molecule has 1 amide bonds. The first-order valence-corrected chi connectivity index (χ1v) is 12.9. The lowest BCUT2D eigenvalue weighted by atomic mass is 10.0. The number of carboxylic acid groups (broad SMARTS) is 1. The molecule has 0 aliphatic carbocycles. The number of aliphatic carboxylic acids is 1. The van der Waals surface area contributed by atoms with Crippen molar-refractivity contribution in [3.63, 3.8) is 0 Å². The molecule has 0 aliphatic heterocycles. The van der Waals surface area contributed by atoms with Crippen molar-refractivity contribution in [2.45, 2.75) is 135 Å². The zero-order chi connectivity index (χ0) is 22.1. The summed E-state index contributed by atoms with van der Waals surface area (Å²) in [7, 11) is 0. The van der Waals surface area contributed by atoms with Gasteiger partial charge in [-0.25, -0.2) is 0 Å². The molecule has 5 heteroatoms. The van der Waals surface area contributed by atoms with E-state index >= 15 is 0 Å². The number of carbonyl (C=O) groups excluding carboxylic acids is 1. The molecule has 0 radical (unpaired) electrons. The van der Waals surface area contributed by atoms with E-state index < -0.39 is 5.97 Å². The fourth-order valence-electron chi connectivity index (χ4n) is 3.80. The summed E-state index contributed by atoms with van der Waals surface area (Å²) in [6.45, 7) is 1.59. The van der Waals surface area contributed by atoms with E-state index in [4.69, 9.17) is 10.8 Å². The predicted molar refractivity (Wildman–Crippen MR) is 127 cm³/mol. The Balaban J connectivity index is 3.11. The van der Waals surface area contributed by atoms with E-state index in [0.29, 0.717) is 12.8 Å². The van der Waals surface area contributed by atoms with Crippen LogP contribution < -0.4 is 11.1 Å². The SMILES string of the molecule is NCCCCCCC(=O)NCCCCCCCCCCCCCCCCCC(=O)O. The van der Waals surface area contributed by atoms with E-state index in [1.54, 1.807) is 0 Å². The highest BCUT2D eigenvalue weighted by atomic mass is 16.4. The van der Waals surface area contributed by atoms with Gasteiger partial charge in [0.2, 0.25) is 5.91 Å². The molecule has 0 aromatic carbocycles. The van der Waals surface area contributed by atoms with Crippen molar-refractivity contribution in [1.82, 2.24) is 5.32 Å². The van der Waals surface area contributed by atoms with Crippen LogP contribution in [0, 0.1) is 0 Å². The summed E-state index contributed by atoms with van der Waals surface area (Å²) in [5.74, 6) is -0.458. The topological polar surface area (TPSA) is 92.4 Å². The second-order valence-electron chi connectivity index (χ2n) is 8.75. The van der Waals surface area contributed by atoms with Crippen LogP contribution in [-0.2, 0) is 9.59 Å². The largest absolute Gasteiger partial charge is 0.481 e. The van der Waals surface area contributed by atoms with Crippen molar-refractivity contribution in [2.24, 2.45) is 5.73 Å². The lowest BCUT2D eigenvalue weighted by Crippen LogP contribution is -2.23. The summed E-state index contributed by atoms with van der Waals surface area (Å²) in [6, 6.07) is 0. The average molecular weight is 427 g/mol. The van der Waals surface area contributed by atoms with Gasteiger partial charge < -0.3 is 16.2 Å². The molecule has 5 nitrogen and oxygen atoms in total. The molecule has 0 saturated carbocycles. The third-order valence-corrected chi connectivity index (χ3v) is 5.75. The minimum atomic E-state index is -0.667. The molecule has 0 heterocycles. The maximum Gasteiger partial charge on any atom is 0.303 e. The molecular formula is C25H50N2O3. The maximum absolute atomic E-state index is 11.7. The van der Waals surface area contributed by atoms with Crippen LogP contribution in [0.15, 0.2) is 0 Å². The number of hydrogen-bond acceptors (Lipinski definition) is 3. The predicted octanol–water partition coefficient (Wildman–Crippen LogP) is 6.34. The van der Waals surface area contributed by atoms with E-state index in [1.165, 1.54) is 77.0 Å². The molecule has 0 rings (SSSR count). The fraction of sp³-hybridized carbons (Fsp3) is 0.920. The van der Waals surface area contributed by atoms with Gasteiger partial charge in [0, 0.05) is 19.4 Å². The monoisotopic (exact) mass is 426 g/mol. The molecule has 0 unspecified atom stereocenters. The second kappa shape index (κ2) is 24.2. The Morgan fingerprint density at radius 3 is 1.33 bits per heavy atom. The summed E-state index contributed by atoms with van der Waals surface area (Å²) in [4.78, 5) is 22.1. The Kier molecular flexibility index (Phi) is 23.3. The van der Waals surface area contributed by atoms with Crippen LogP contribution in [0.3, 0.4) is 0 Å². The fourth-order valence-corrected chi connectivity index (χ4v) is 3.80. The average Bonchev–Trinajstić information content (AvgIpc) is 2.72. The van der Waals surface area contributed by atoms with Gasteiger partial charge in [-0.3, -0.25) is 9.59 Å². The number of carboxylic acids is 1. The number of rotatable bonds is 24. The molecule has 30 heavy (non-hydrogen) atoms. The molecule has 0 bridgehead atoms. The highest BCUT2D eigenvalue weighted by Gasteiger charge is 2.00. The summed E-state index contributed by atoms with van der Waals surface area (Å²) in [5, 5.41) is 11.6. The zero-order valence-electron chi connectivity index (χ0n) is 19.6. The summed E-state index contributed by atoms with van der Waals surface area (Å²) >= 11 is 0. The number of hydrogen-bond donors (Lipinski definition) is 3. The highest BCUT2D eigenvalue weighted by Crippen LogP contribution is 2.13. The number of unbranched alkanes of at least 4 members (excludes halogenated alkanes) is 17. The Morgan fingerprint density at radius 1 is 0.533 bits per heavy atom. The van der Waals surface area contributed by atoms with Crippen molar-refractivity contribution in [2.75, 3.05) is 13.1 Å². The third-order valence-electron chi connectivity index (χ3n) is 5.75. The van der Waals surface area contributed by atoms with Gasteiger partial charge in [0.15, 0.2) is 0 Å². The van der Waals surface area contributed by atoms with Crippen molar-refractivity contribution < 1.29 is 14.7 Å². The van der Waals surface area contributed by atoms with Crippen LogP contribution in [0.4, 0.5) is 0 Å². The first-order valence-electron chi connectivity index (χ1n) is 12.9. The quantitative estimate of drug-likeness (QED) is 0.157. The molecule has 0 saturated heterocycles. The lowest BCUT2D eigenvalue weighted by molar-refractivity contribution is -0.137. The van der Waals surface area contributed by atoms with Gasteiger partial charge in [0.25, 0.3) is 0 Å². The molecule has 178 valence electrons. The van der Waals surface area contributed by atoms with Crippen LogP contribution in [0.5, 0.6) is 0 Å². The Morgan fingerprint density at radius 2 is 0.900 bits per heavy atom. The van der Waals surface area contributed by atoms with Crippen LogP contribution in [0.1, 0.15) is 135 Å². The zero-order valence-corrected chi connectivity index (χ0v) is 19.6. The van der Waals surface area contributed by atoms with Gasteiger partial charge in [-0.05, 0) is 32.2 Å². The van der Waals surface area contributed by atoms with E-state index in [9.17, 15) is 9.59 Å².